The number of hydrogen-bond acceptors (Lipinski definition) is 1. The first-order chi connectivity index (χ1) is 11.1. The van der Waals surface area contributed by atoms with Crippen molar-refractivity contribution in [1.82, 2.24) is 0 Å². The van der Waals surface area contributed by atoms with Crippen LogP contribution < -0.4 is 0 Å². The fourth-order valence-corrected chi connectivity index (χ4v) is 4.06. The predicted molar refractivity (Wildman–Crippen MR) is 95.9 cm³/mol. The highest BCUT2D eigenvalue weighted by Crippen LogP contribution is 2.43. The largest absolute Gasteiger partial charge is 0.481 e. The first kappa shape index (κ1) is 18.0. The van der Waals surface area contributed by atoms with Gasteiger partial charge in [-0.3, -0.25) is 4.79 Å². The van der Waals surface area contributed by atoms with Crippen molar-refractivity contribution < 1.29 is 9.90 Å². The normalized spacial score (nSPS) is 24.5. The summed E-state index contributed by atoms with van der Waals surface area (Å²) in [4.78, 5) is 12.0. The number of unbranched alkanes of at least 4 members (excludes halogenated alkanes) is 2. The van der Waals surface area contributed by atoms with E-state index in [0.29, 0.717) is 0 Å². The van der Waals surface area contributed by atoms with Crippen molar-refractivity contribution in [2.24, 2.45) is 5.92 Å². The van der Waals surface area contributed by atoms with Crippen molar-refractivity contribution in [3.05, 3.63) is 35.4 Å². The van der Waals surface area contributed by atoms with E-state index in [1.54, 1.807) is 0 Å². The quantitative estimate of drug-likeness (QED) is 0.622. The lowest BCUT2D eigenvalue weighted by molar-refractivity contribution is -0.145. The lowest BCUT2D eigenvalue weighted by Crippen LogP contribution is -2.39. The van der Waals surface area contributed by atoms with Gasteiger partial charge in [-0.2, -0.15) is 0 Å². The van der Waals surface area contributed by atoms with Gasteiger partial charge in [0.05, 0.1) is 5.41 Å². The van der Waals surface area contributed by atoms with Crippen LogP contribution in [0.3, 0.4) is 0 Å². The van der Waals surface area contributed by atoms with Gasteiger partial charge in [0.1, 0.15) is 0 Å². The fraction of sp³-hybridized carbons (Fsp3) is 0.667. The lowest BCUT2D eigenvalue weighted by Gasteiger charge is -2.37. The molecule has 1 N–H and O–H groups in total. The third-order valence-corrected chi connectivity index (χ3v) is 5.64. The van der Waals surface area contributed by atoms with E-state index in [1.807, 2.05) is 0 Å². The number of hydrogen-bond donors (Lipinski definition) is 1. The summed E-state index contributed by atoms with van der Waals surface area (Å²) in [6, 6.07) is 8.45. The summed E-state index contributed by atoms with van der Waals surface area (Å²) in [5.74, 6) is 0.0898. The second-order valence-electron chi connectivity index (χ2n) is 7.27. The molecule has 0 heterocycles. The summed E-state index contributed by atoms with van der Waals surface area (Å²) in [6.45, 7) is 4.44. The summed E-state index contributed by atoms with van der Waals surface area (Å²) >= 11 is 0. The lowest BCUT2D eigenvalue weighted by atomic mass is 9.66. The summed E-state index contributed by atoms with van der Waals surface area (Å²) in [5.41, 5.74) is 1.70. The maximum atomic E-state index is 12.0. The van der Waals surface area contributed by atoms with E-state index < -0.39 is 11.4 Å². The van der Waals surface area contributed by atoms with Gasteiger partial charge in [-0.15, -0.1) is 0 Å². The Balaban J connectivity index is 2.08. The van der Waals surface area contributed by atoms with Gasteiger partial charge in [0.2, 0.25) is 0 Å². The molecule has 23 heavy (non-hydrogen) atoms. The molecule has 0 spiro atoms. The first-order valence-electron chi connectivity index (χ1n) is 9.45. The number of carbonyl (C=O) groups is 1. The summed E-state index contributed by atoms with van der Waals surface area (Å²) in [7, 11) is 0. The molecular weight excluding hydrogens is 284 g/mol. The van der Waals surface area contributed by atoms with Crippen molar-refractivity contribution in [2.45, 2.75) is 83.5 Å². The van der Waals surface area contributed by atoms with Crippen molar-refractivity contribution in [2.75, 3.05) is 0 Å². The monoisotopic (exact) mass is 316 g/mol. The summed E-state index contributed by atoms with van der Waals surface area (Å²) in [5, 5.41) is 9.90. The third kappa shape index (κ3) is 4.37. The van der Waals surface area contributed by atoms with Crippen LogP contribution in [0, 0.1) is 5.92 Å². The molecule has 1 aromatic rings. The molecule has 2 heteroatoms. The molecule has 1 aliphatic rings. The molecule has 0 aliphatic heterocycles. The Hall–Kier alpha value is -1.31. The molecule has 0 aromatic heterocycles. The molecule has 2 nitrogen and oxygen atoms in total. The minimum absolute atomic E-state index is 0.633. The van der Waals surface area contributed by atoms with Crippen LogP contribution in [-0.2, 0) is 16.6 Å². The Bertz CT molecular complexity index is 481. The van der Waals surface area contributed by atoms with E-state index in [9.17, 15) is 9.90 Å². The highest BCUT2D eigenvalue weighted by atomic mass is 16.4. The predicted octanol–water partition coefficient (Wildman–Crippen LogP) is 5.73. The van der Waals surface area contributed by atoms with E-state index >= 15 is 0 Å². The van der Waals surface area contributed by atoms with Gasteiger partial charge in [-0.25, -0.2) is 0 Å². The van der Waals surface area contributed by atoms with Crippen LogP contribution in [0.2, 0.25) is 0 Å². The Labute approximate surface area is 141 Å². The van der Waals surface area contributed by atoms with Crippen LogP contribution in [0.1, 0.15) is 82.8 Å². The second-order valence-corrected chi connectivity index (χ2v) is 7.27. The molecule has 0 bridgehead atoms. The zero-order chi connectivity index (χ0) is 16.7. The Morgan fingerprint density at radius 3 is 2.26 bits per heavy atom. The molecule has 1 saturated carbocycles. The minimum atomic E-state index is -0.647. The molecule has 1 fully saturated rings. The topological polar surface area (TPSA) is 37.3 Å². The SMILES string of the molecule is CCCCCc1ccc(C2(C(=O)O)CCC(CCC)CC2)cc1. The maximum absolute atomic E-state index is 12.0. The minimum Gasteiger partial charge on any atom is -0.481 e. The number of benzene rings is 1. The molecule has 0 atom stereocenters. The molecule has 1 aliphatic carbocycles. The van der Waals surface area contributed by atoms with Crippen LogP contribution in [0.25, 0.3) is 0 Å². The van der Waals surface area contributed by atoms with Crippen LogP contribution in [-0.4, -0.2) is 11.1 Å². The van der Waals surface area contributed by atoms with Crippen LogP contribution >= 0.6 is 0 Å². The molecular formula is C21H32O2. The molecule has 1 aromatic carbocycles. The van der Waals surface area contributed by atoms with Gasteiger partial charge >= 0.3 is 5.97 Å². The molecule has 0 unspecified atom stereocenters. The fourth-order valence-electron chi connectivity index (χ4n) is 4.06. The second kappa shape index (κ2) is 8.52. The van der Waals surface area contributed by atoms with E-state index in [4.69, 9.17) is 0 Å². The van der Waals surface area contributed by atoms with E-state index in [0.717, 1.165) is 43.6 Å². The van der Waals surface area contributed by atoms with E-state index in [1.165, 1.54) is 37.7 Å². The van der Waals surface area contributed by atoms with Gasteiger partial charge in [0.25, 0.3) is 0 Å². The zero-order valence-electron chi connectivity index (χ0n) is 14.8. The average Bonchev–Trinajstić information content (AvgIpc) is 2.57. The van der Waals surface area contributed by atoms with Crippen LogP contribution in [0.15, 0.2) is 24.3 Å². The van der Waals surface area contributed by atoms with Gasteiger partial charge in [0.15, 0.2) is 0 Å². The number of carboxylic acids is 1. The number of aliphatic carboxylic acids is 1. The van der Waals surface area contributed by atoms with Gasteiger partial charge in [-0.05, 0) is 55.6 Å². The number of rotatable bonds is 8. The van der Waals surface area contributed by atoms with Crippen molar-refractivity contribution >= 4 is 5.97 Å². The van der Waals surface area contributed by atoms with Crippen LogP contribution in [0.4, 0.5) is 0 Å². The van der Waals surface area contributed by atoms with Gasteiger partial charge in [0, 0.05) is 0 Å². The smallest absolute Gasteiger partial charge is 0.314 e. The summed E-state index contributed by atoms with van der Waals surface area (Å²) < 4.78 is 0. The average molecular weight is 316 g/mol. The summed E-state index contributed by atoms with van der Waals surface area (Å²) in [6.07, 6.45) is 11.0. The standard InChI is InChI=1S/C21H32O2/c1-3-5-6-8-18-9-11-19(12-10-18)21(20(22)23)15-13-17(7-4-2)14-16-21/h9-12,17H,3-8,13-16H2,1-2H3,(H,22,23). The molecule has 0 radical (unpaired) electrons. The Kier molecular flexibility index (Phi) is 6.68. The Morgan fingerprint density at radius 1 is 1.09 bits per heavy atom. The van der Waals surface area contributed by atoms with E-state index in [-0.39, 0.29) is 0 Å². The highest BCUT2D eigenvalue weighted by Gasteiger charge is 2.43. The highest BCUT2D eigenvalue weighted by molar-refractivity contribution is 5.81. The van der Waals surface area contributed by atoms with Gasteiger partial charge < -0.3 is 5.11 Å². The third-order valence-electron chi connectivity index (χ3n) is 5.64. The first-order valence-corrected chi connectivity index (χ1v) is 9.45. The molecule has 0 saturated heterocycles. The Morgan fingerprint density at radius 2 is 1.74 bits per heavy atom. The zero-order valence-corrected chi connectivity index (χ0v) is 14.8. The van der Waals surface area contributed by atoms with Crippen molar-refractivity contribution in [3.8, 4) is 0 Å². The number of aryl methyl sites for hydroxylation is 1. The molecule has 0 amide bonds. The van der Waals surface area contributed by atoms with Crippen LogP contribution in [0.5, 0.6) is 0 Å². The van der Waals surface area contributed by atoms with E-state index in [2.05, 4.69) is 38.1 Å². The molecule has 128 valence electrons. The van der Waals surface area contributed by atoms with Crippen molar-refractivity contribution in [1.29, 1.82) is 0 Å². The van der Waals surface area contributed by atoms with Crippen molar-refractivity contribution in [3.63, 3.8) is 0 Å². The van der Waals surface area contributed by atoms with Gasteiger partial charge in [-0.1, -0.05) is 63.8 Å². The maximum Gasteiger partial charge on any atom is 0.314 e. The molecule has 2 rings (SSSR count). The number of carboxylic acid groups (broad SMARTS) is 1.